The summed E-state index contributed by atoms with van der Waals surface area (Å²) in [5.74, 6) is 2.99. The Morgan fingerprint density at radius 3 is 2.35 bits per heavy atom. The molecule has 0 aromatic carbocycles. The lowest BCUT2D eigenvalue weighted by Crippen LogP contribution is -2.22. The normalized spacial score (nSPS) is 14.8. The van der Waals surface area contributed by atoms with Gasteiger partial charge in [-0.05, 0) is 32.9 Å². The van der Waals surface area contributed by atoms with Crippen LogP contribution in [0.5, 0.6) is 0 Å². The summed E-state index contributed by atoms with van der Waals surface area (Å²) >= 11 is 0. The lowest BCUT2D eigenvalue weighted by Gasteiger charge is -2.15. The van der Waals surface area contributed by atoms with Crippen molar-refractivity contribution in [3.63, 3.8) is 0 Å². The largest absolute Gasteiger partial charge is 0.465 e. The van der Waals surface area contributed by atoms with Gasteiger partial charge in [0.25, 0.3) is 0 Å². The molecule has 1 N–H and O–H groups in total. The Morgan fingerprint density at radius 2 is 1.82 bits per heavy atom. The standard InChI is InChI=1S/C12H17N3O2/c1-7-5-6-11(16-7)8(2)13-9(3)12-15-14-10(4)17-12/h5-6,8-9,13H,1-4H3/t8-,9-/m1/s1. The number of aromatic nitrogens is 2. The van der Waals surface area contributed by atoms with E-state index in [4.69, 9.17) is 8.83 Å². The molecule has 0 fully saturated rings. The fourth-order valence-corrected chi connectivity index (χ4v) is 1.70. The van der Waals surface area contributed by atoms with Crippen molar-refractivity contribution in [2.24, 2.45) is 0 Å². The maximum Gasteiger partial charge on any atom is 0.233 e. The molecule has 0 aliphatic heterocycles. The van der Waals surface area contributed by atoms with Crippen LogP contribution < -0.4 is 5.32 Å². The van der Waals surface area contributed by atoms with E-state index in [9.17, 15) is 0 Å². The Balaban J connectivity index is 2.01. The molecule has 2 rings (SSSR count). The molecule has 92 valence electrons. The Labute approximate surface area is 100 Å². The van der Waals surface area contributed by atoms with E-state index in [-0.39, 0.29) is 12.1 Å². The SMILES string of the molecule is Cc1ccc([C@@H](C)N[C@H](C)c2nnc(C)o2)o1. The van der Waals surface area contributed by atoms with E-state index in [2.05, 4.69) is 15.5 Å². The van der Waals surface area contributed by atoms with Crippen LogP contribution in [-0.2, 0) is 0 Å². The molecule has 0 aliphatic rings. The average Bonchev–Trinajstić information content (AvgIpc) is 2.87. The van der Waals surface area contributed by atoms with Gasteiger partial charge in [-0.15, -0.1) is 10.2 Å². The summed E-state index contributed by atoms with van der Waals surface area (Å²) in [6.45, 7) is 7.74. The summed E-state index contributed by atoms with van der Waals surface area (Å²) in [6, 6.07) is 4.02. The van der Waals surface area contributed by atoms with Crippen molar-refractivity contribution in [2.45, 2.75) is 39.8 Å². The van der Waals surface area contributed by atoms with Gasteiger partial charge < -0.3 is 8.83 Å². The smallest absolute Gasteiger partial charge is 0.233 e. The second-order valence-corrected chi connectivity index (χ2v) is 4.22. The van der Waals surface area contributed by atoms with Crippen LogP contribution in [0.1, 0.15) is 49.2 Å². The summed E-state index contributed by atoms with van der Waals surface area (Å²) in [5.41, 5.74) is 0. The van der Waals surface area contributed by atoms with E-state index in [0.717, 1.165) is 11.5 Å². The molecular weight excluding hydrogens is 218 g/mol. The predicted molar refractivity (Wildman–Crippen MR) is 62.4 cm³/mol. The monoisotopic (exact) mass is 235 g/mol. The van der Waals surface area contributed by atoms with E-state index < -0.39 is 0 Å². The molecule has 0 aliphatic carbocycles. The van der Waals surface area contributed by atoms with Crippen molar-refractivity contribution in [3.05, 3.63) is 35.4 Å². The highest BCUT2D eigenvalue weighted by Crippen LogP contribution is 2.20. The Hall–Kier alpha value is -1.62. The molecule has 0 unspecified atom stereocenters. The maximum absolute atomic E-state index is 5.56. The molecule has 5 heteroatoms. The van der Waals surface area contributed by atoms with Gasteiger partial charge >= 0.3 is 0 Å². The van der Waals surface area contributed by atoms with Crippen molar-refractivity contribution < 1.29 is 8.83 Å². The van der Waals surface area contributed by atoms with Gasteiger partial charge in [-0.3, -0.25) is 5.32 Å². The van der Waals surface area contributed by atoms with Gasteiger partial charge in [0.15, 0.2) is 0 Å². The lowest BCUT2D eigenvalue weighted by atomic mass is 10.2. The quantitative estimate of drug-likeness (QED) is 0.882. The van der Waals surface area contributed by atoms with Crippen molar-refractivity contribution in [3.8, 4) is 0 Å². The molecule has 5 nitrogen and oxygen atoms in total. The van der Waals surface area contributed by atoms with Crippen LogP contribution in [0.2, 0.25) is 0 Å². The third-order valence-electron chi connectivity index (χ3n) is 2.60. The average molecular weight is 235 g/mol. The third-order valence-corrected chi connectivity index (χ3v) is 2.60. The fraction of sp³-hybridized carbons (Fsp3) is 0.500. The van der Waals surface area contributed by atoms with Crippen molar-refractivity contribution in [2.75, 3.05) is 0 Å². The molecule has 0 bridgehead atoms. The summed E-state index contributed by atoms with van der Waals surface area (Å²) in [7, 11) is 0. The minimum absolute atomic E-state index is 0.00314. The molecule has 2 atom stereocenters. The maximum atomic E-state index is 5.56. The first kappa shape index (κ1) is 11.9. The van der Waals surface area contributed by atoms with Gasteiger partial charge in [-0.2, -0.15) is 0 Å². The van der Waals surface area contributed by atoms with Crippen LogP contribution in [0.4, 0.5) is 0 Å². The first-order valence-corrected chi connectivity index (χ1v) is 5.68. The number of rotatable bonds is 4. The van der Waals surface area contributed by atoms with Crippen molar-refractivity contribution in [1.82, 2.24) is 15.5 Å². The molecule has 2 aromatic heterocycles. The second-order valence-electron chi connectivity index (χ2n) is 4.22. The van der Waals surface area contributed by atoms with Gasteiger partial charge in [0.05, 0.1) is 12.1 Å². The third kappa shape index (κ3) is 2.74. The van der Waals surface area contributed by atoms with Gasteiger partial charge in [0.2, 0.25) is 11.8 Å². The van der Waals surface area contributed by atoms with E-state index in [1.165, 1.54) is 0 Å². The van der Waals surface area contributed by atoms with Crippen LogP contribution in [0, 0.1) is 13.8 Å². The second kappa shape index (κ2) is 4.71. The minimum atomic E-state index is -0.00314. The summed E-state index contributed by atoms with van der Waals surface area (Å²) in [5, 5.41) is 11.1. The van der Waals surface area contributed by atoms with Crippen LogP contribution in [0.15, 0.2) is 21.0 Å². The van der Waals surface area contributed by atoms with Crippen LogP contribution >= 0.6 is 0 Å². The Morgan fingerprint density at radius 1 is 1.06 bits per heavy atom. The number of hydrogen-bond acceptors (Lipinski definition) is 5. The molecule has 17 heavy (non-hydrogen) atoms. The molecule has 0 radical (unpaired) electrons. The van der Waals surface area contributed by atoms with Crippen LogP contribution in [-0.4, -0.2) is 10.2 Å². The van der Waals surface area contributed by atoms with Crippen molar-refractivity contribution in [1.29, 1.82) is 0 Å². The van der Waals surface area contributed by atoms with Gasteiger partial charge in [-0.25, -0.2) is 0 Å². The highest BCUT2D eigenvalue weighted by Gasteiger charge is 2.17. The molecule has 0 saturated carbocycles. The zero-order chi connectivity index (χ0) is 12.4. The highest BCUT2D eigenvalue weighted by atomic mass is 16.4. The zero-order valence-corrected chi connectivity index (χ0v) is 10.5. The van der Waals surface area contributed by atoms with Crippen LogP contribution in [0.3, 0.4) is 0 Å². The Bertz CT molecular complexity index is 445. The number of nitrogens with zero attached hydrogens (tertiary/aromatic N) is 2. The molecule has 0 amide bonds. The number of hydrogen-bond donors (Lipinski definition) is 1. The summed E-state index contributed by atoms with van der Waals surface area (Å²) in [4.78, 5) is 0. The molecule has 2 aromatic rings. The minimum Gasteiger partial charge on any atom is -0.465 e. The molecule has 0 spiro atoms. The summed E-state index contributed by atoms with van der Waals surface area (Å²) < 4.78 is 10.9. The van der Waals surface area contributed by atoms with E-state index in [1.54, 1.807) is 6.92 Å². The number of aryl methyl sites for hydroxylation is 2. The topological polar surface area (TPSA) is 64.1 Å². The molecule has 0 saturated heterocycles. The van der Waals surface area contributed by atoms with Crippen molar-refractivity contribution >= 4 is 0 Å². The molecule has 2 heterocycles. The van der Waals surface area contributed by atoms with Crippen LogP contribution in [0.25, 0.3) is 0 Å². The van der Waals surface area contributed by atoms with Gasteiger partial charge in [0, 0.05) is 6.92 Å². The van der Waals surface area contributed by atoms with E-state index in [1.807, 2.05) is 32.9 Å². The van der Waals surface area contributed by atoms with Gasteiger partial charge in [-0.1, -0.05) is 0 Å². The lowest BCUT2D eigenvalue weighted by molar-refractivity contribution is 0.349. The first-order valence-electron chi connectivity index (χ1n) is 5.68. The highest BCUT2D eigenvalue weighted by molar-refractivity contribution is 5.09. The molecular formula is C12H17N3O2. The number of nitrogens with one attached hydrogen (secondary N) is 1. The van der Waals surface area contributed by atoms with E-state index in [0.29, 0.717) is 11.8 Å². The number of furan rings is 1. The summed E-state index contributed by atoms with van der Waals surface area (Å²) in [6.07, 6.45) is 0. The fourth-order valence-electron chi connectivity index (χ4n) is 1.70. The van der Waals surface area contributed by atoms with Gasteiger partial charge in [0.1, 0.15) is 11.5 Å². The first-order chi connectivity index (χ1) is 8.06. The Kier molecular flexibility index (Phi) is 3.28. The zero-order valence-electron chi connectivity index (χ0n) is 10.5. The van der Waals surface area contributed by atoms with E-state index >= 15 is 0 Å². The predicted octanol–water partition coefficient (Wildman–Crippen LogP) is 2.69.